The summed E-state index contributed by atoms with van der Waals surface area (Å²) in [6.07, 6.45) is 4.50. The van der Waals surface area contributed by atoms with Gasteiger partial charge in [0.15, 0.2) is 5.82 Å². The summed E-state index contributed by atoms with van der Waals surface area (Å²) in [7, 11) is 0. The predicted molar refractivity (Wildman–Crippen MR) is 107 cm³/mol. The number of alkyl halides is 3. The largest absolute Gasteiger partial charge is 0.446 e. The van der Waals surface area contributed by atoms with Crippen LogP contribution < -0.4 is 5.32 Å². The molecule has 150 valence electrons. The van der Waals surface area contributed by atoms with Gasteiger partial charge in [-0.15, -0.1) is 10.2 Å². The number of aryl methyl sites for hydroxylation is 1. The Morgan fingerprint density at radius 1 is 1.21 bits per heavy atom. The molecule has 1 aromatic heterocycles. The molecule has 0 saturated carbocycles. The van der Waals surface area contributed by atoms with Gasteiger partial charge in [0.25, 0.3) is 0 Å². The number of thioether (sulfide) groups is 1. The Morgan fingerprint density at radius 3 is 2.66 bits per heavy atom. The van der Waals surface area contributed by atoms with Crippen LogP contribution in [-0.4, -0.2) is 26.2 Å². The van der Waals surface area contributed by atoms with Crippen molar-refractivity contribution in [1.82, 2.24) is 14.8 Å². The molecule has 1 amide bonds. The molecule has 9 heteroatoms. The van der Waals surface area contributed by atoms with Gasteiger partial charge in [0.1, 0.15) is 6.33 Å². The summed E-state index contributed by atoms with van der Waals surface area (Å²) in [5.41, 5.74) is -2.28. The van der Waals surface area contributed by atoms with E-state index in [0.717, 1.165) is 12.1 Å². The van der Waals surface area contributed by atoms with E-state index in [-0.39, 0.29) is 22.6 Å². The van der Waals surface area contributed by atoms with Crippen molar-refractivity contribution in [3.8, 4) is 11.4 Å². The fraction of sp³-hybridized carbons (Fsp3) is 0.150. The number of benzene rings is 2. The van der Waals surface area contributed by atoms with E-state index in [1.165, 1.54) is 36.4 Å². The number of aromatic nitrogens is 3. The topological polar surface area (TPSA) is 59.8 Å². The van der Waals surface area contributed by atoms with E-state index in [4.69, 9.17) is 0 Å². The number of carbonyl (C=O) groups excluding carboxylic acids is 1. The summed E-state index contributed by atoms with van der Waals surface area (Å²) in [6, 6.07) is 13.0. The molecule has 5 nitrogen and oxygen atoms in total. The molecule has 0 saturated heterocycles. The molecule has 3 rings (SSSR count). The second kappa shape index (κ2) is 8.95. The lowest BCUT2D eigenvalue weighted by atomic mass is 10.2. The smallest absolute Gasteiger partial charge is 0.322 e. The summed E-state index contributed by atoms with van der Waals surface area (Å²) in [5, 5.41) is 10.8. The molecule has 0 unspecified atom stereocenters. The number of amides is 1. The molecular weight excluding hydrogens is 401 g/mol. The highest BCUT2D eigenvalue weighted by Gasteiger charge is 2.28. The minimum absolute atomic E-state index is 0.0934. The van der Waals surface area contributed by atoms with Gasteiger partial charge in [-0.2, -0.15) is 13.2 Å². The Balaban J connectivity index is 1.64. The van der Waals surface area contributed by atoms with E-state index in [9.17, 15) is 18.0 Å². The normalized spacial score (nSPS) is 11.7. The molecule has 0 aliphatic carbocycles. The van der Waals surface area contributed by atoms with E-state index < -0.39 is 5.51 Å². The number of carbonyl (C=O) groups is 1. The highest BCUT2D eigenvalue weighted by Crippen LogP contribution is 2.36. The molecule has 3 aromatic rings. The molecule has 1 N–H and O–H groups in total. The van der Waals surface area contributed by atoms with Crippen LogP contribution in [-0.2, 0) is 11.3 Å². The molecule has 0 spiro atoms. The lowest BCUT2D eigenvalue weighted by molar-refractivity contribution is -0.111. The molecule has 0 atom stereocenters. The highest BCUT2D eigenvalue weighted by atomic mass is 32.2. The van der Waals surface area contributed by atoms with Gasteiger partial charge in [-0.25, -0.2) is 0 Å². The molecule has 1 heterocycles. The summed E-state index contributed by atoms with van der Waals surface area (Å²) in [4.78, 5) is 12.3. The number of anilines is 1. The van der Waals surface area contributed by atoms with E-state index in [1.54, 1.807) is 24.5 Å². The third kappa shape index (κ3) is 5.95. The van der Waals surface area contributed by atoms with Crippen molar-refractivity contribution < 1.29 is 18.0 Å². The first-order chi connectivity index (χ1) is 13.8. The molecule has 0 aliphatic heterocycles. The lowest BCUT2D eigenvalue weighted by Crippen LogP contribution is -2.07. The van der Waals surface area contributed by atoms with Crippen LogP contribution in [0.4, 0.5) is 18.9 Å². The Morgan fingerprint density at radius 2 is 1.97 bits per heavy atom. The maximum Gasteiger partial charge on any atom is 0.446 e. The van der Waals surface area contributed by atoms with E-state index in [1.807, 2.05) is 17.6 Å². The average Bonchev–Trinajstić information content (AvgIpc) is 3.15. The molecular formula is C20H17F3N4OS. The van der Waals surface area contributed by atoms with E-state index in [2.05, 4.69) is 15.5 Å². The first kappa shape index (κ1) is 20.7. The monoisotopic (exact) mass is 418 g/mol. The Bertz CT molecular complexity index is 1010. The van der Waals surface area contributed by atoms with Crippen molar-refractivity contribution in [1.29, 1.82) is 0 Å². The van der Waals surface area contributed by atoms with Crippen LogP contribution >= 0.6 is 11.8 Å². The van der Waals surface area contributed by atoms with Gasteiger partial charge in [-0.1, -0.05) is 24.3 Å². The van der Waals surface area contributed by atoms with Gasteiger partial charge < -0.3 is 9.88 Å². The number of hydrogen-bond donors (Lipinski definition) is 1. The quantitative estimate of drug-likeness (QED) is 0.440. The molecule has 0 fully saturated rings. The zero-order chi connectivity index (χ0) is 20.9. The van der Waals surface area contributed by atoms with Gasteiger partial charge in [-0.3, -0.25) is 4.79 Å². The third-order valence-electron chi connectivity index (χ3n) is 3.89. The predicted octanol–water partition coefficient (Wildman–Crippen LogP) is 5.23. The molecule has 0 bridgehead atoms. The van der Waals surface area contributed by atoms with Crippen molar-refractivity contribution >= 4 is 29.4 Å². The Hall–Kier alpha value is -3.07. The minimum Gasteiger partial charge on any atom is -0.322 e. The van der Waals surface area contributed by atoms with Crippen molar-refractivity contribution in [2.45, 2.75) is 23.9 Å². The van der Waals surface area contributed by atoms with E-state index in [0.29, 0.717) is 17.1 Å². The second-order valence-corrected chi connectivity index (χ2v) is 7.10. The van der Waals surface area contributed by atoms with Crippen LogP contribution in [0.25, 0.3) is 17.5 Å². The van der Waals surface area contributed by atoms with Crippen LogP contribution in [0.5, 0.6) is 0 Å². The SMILES string of the molecule is CCn1cnnc1-c1cccc(NC(=O)/C=C/c2ccc(SC(F)(F)F)cc2)c1. The lowest BCUT2D eigenvalue weighted by Gasteiger charge is -2.07. The van der Waals surface area contributed by atoms with Gasteiger partial charge in [0.2, 0.25) is 5.91 Å². The van der Waals surface area contributed by atoms with Gasteiger partial charge in [0, 0.05) is 28.8 Å². The number of hydrogen-bond acceptors (Lipinski definition) is 4. The maximum absolute atomic E-state index is 12.4. The summed E-state index contributed by atoms with van der Waals surface area (Å²) in [6.45, 7) is 2.71. The average molecular weight is 418 g/mol. The van der Waals surface area contributed by atoms with Crippen molar-refractivity contribution in [3.05, 3.63) is 66.5 Å². The Labute approximate surface area is 169 Å². The van der Waals surface area contributed by atoms with Crippen LogP contribution in [0.3, 0.4) is 0 Å². The third-order valence-corrected chi connectivity index (χ3v) is 4.62. The highest BCUT2D eigenvalue weighted by molar-refractivity contribution is 8.00. The van der Waals surface area contributed by atoms with E-state index >= 15 is 0 Å². The number of nitrogens with one attached hydrogen (secondary N) is 1. The first-order valence-corrected chi connectivity index (χ1v) is 9.49. The Kier molecular flexibility index (Phi) is 6.38. The van der Waals surface area contributed by atoms with Crippen LogP contribution in [0.15, 0.2) is 65.8 Å². The van der Waals surface area contributed by atoms with Crippen LogP contribution in [0.2, 0.25) is 0 Å². The maximum atomic E-state index is 12.4. The summed E-state index contributed by atoms with van der Waals surface area (Å²) in [5.74, 6) is 0.351. The molecule has 0 radical (unpaired) electrons. The van der Waals surface area contributed by atoms with Crippen molar-refractivity contribution in [2.75, 3.05) is 5.32 Å². The number of halogens is 3. The van der Waals surface area contributed by atoms with Crippen LogP contribution in [0.1, 0.15) is 12.5 Å². The first-order valence-electron chi connectivity index (χ1n) is 8.67. The molecule has 2 aromatic carbocycles. The second-order valence-electron chi connectivity index (χ2n) is 5.96. The molecule has 0 aliphatic rings. The summed E-state index contributed by atoms with van der Waals surface area (Å²) < 4.78 is 38.9. The summed E-state index contributed by atoms with van der Waals surface area (Å²) >= 11 is -0.176. The fourth-order valence-electron chi connectivity index (χ4n) is 2.58. The van der Waals surface area contributed by atoms with Crippen molar-refractivity contribution in [3.63, 3.8) is 0 Å². The number of rotatable bonds is 6. The molecule has 29 heavy (non-hydrogen) atoms. The van der Waals surface area contributed by atoms with Crippen molar-refractivity contribution in [2.24, 2.45) is 0 Å². The van der Waals surface area contributed by atoms with Gasteiger partial charge in [0.05, 0.1) is 0 Å². The van der Waals surface area contributed by atoms with Gasteiger partial charge >= 0.3 is 5.51 Å². The van der Waals surface area contributed by atoms with Crippen LogP contribution in [0, 0.1) is 0 Å². The standard InChI is InChI=1S/C20H17F3N4OS/c1-2-27-13-24-26-19(27)15-4-3-5-16(12-15)25-18(28)11-8-14-6-9-17(10-7-14)29-20(21,22)23/h3-13H,2H2,1H3,(H,25,28)/b11-8+. The number of nitrogens with zero attached hydrogens (tertiary/aromatic N) is 3. The minimum atomic E-state index is -4.32. The van der Waals surface area contributed by atoms with Gasteiger partial charge in [-0.05, 0) is 54.6 Å². The zero-order valence-electron chi connectivity index (χ0n) is 15.3. The fourth-order valence-corrected chi connectivity index (χ4v) is 3.12. The zero-order valence-corrected chi connectivity index (χ0v) is 16.2.